The van der Waals surface area contributed by atoms with Crippen LogP contribution in [0.4, 0.5) is 11.4 Å². The standard InChI is InChI=1S/C16H17ClN2O4S2/c1-23-13-10-11(18-25(21,22)16-8-7-14(17)24-16)5-6-12(13)19-9-3-2-4-15(19)20/h5-8,10,18H,2-4,9H2,1H3. The highest BCUT2D eigenvalue weighted by atomic mass is 35.5. The molecule has 1 fully saturated rings. The van der Waals surface area contributed by atoms with E-state index in [4.69, 9.17) is 16.3 Å². The summed E-state index contributed by atoms with van der Waals surface area (Å²) in [5, 5.41) is 0. The summed E-state index contributed by atoms with van der Waals surface area (Å²) in [5.74, 6) is 0.491. The maximum atomic E-state index is 12.4. The minimum absolute atomic E-state index is 0.0473. The zero-order valence-electron chi connectivity index (χ0n) is 13.5. The Bertz CT molecular complexity index is 895. The quantitative estimate of drug-likeness (QED) is 0.829. The molecule has 6 nitrogen and oxygen atoms in total. The van der Waals surface area contributed by atoms with Crippen LogP contribution in [0.3, 0.4) is 0 Å². The Kier molecular flexibility index (Phi) is 5.21. The van der Waals surface area contributed by atoms with Gasteiger partial charge in [0, 0.05) is 19.0 Å². The Hall–Kier alpha value is -1.77. The maximum Gasteiger partial charge on any atom is 0.271 e. The second-order valence-corrected chi connectivity index (χ2v) is 9.18. The highest BCUT2D eigenvalue weighted by molar-refractivity contribution is 7.94. The molecule has 3 rings (SSSR count). The Morgan fingerprint density at radius 2 is 2.04 bits per heavy atom. The van der Waals surface area contributed by atoms with Gasteiger partial charge >= 0.3 is 0 Å². The van der Waals surface area contributed by atoms with Crippen molar-refractivity contribution in [2.45, 2.75) is 23.5 Å². The van der Waals surface area contributed by atoms with E-state index in [9.17, 15) is 13.2 Å². The van der Waals surface area contributed by atoms with Gasteiger partial charge in [0.15, 0.2) is 0 Å². The van der Waals surface area contributed by atoms with Crippen LogP contribution < -0.4 is 14.4 Å². The Morgan fingerprint density at radius 3 is 2.68 bits per heavy atom. The smallest absolute Gasteiger partial charge is 0.271 e. The molecule has 9 heteroatoms. The monoisotopic (exact) mass is 400 g/mol. The van der Waals surface area contributed by atoms with Crippen LogP contribution in [0.5, 0.6) is 5.75 Å². The number of hydrogen-bond donors (Lipinski definition) is 1. The van der Waals surface area contributed by atoms with E-state index in [1.807, 2.05) is 0 Å². The van der Waals surface area contributed by atoms with Gasteiger partial charge in [-0.3, -0.25) is 9.52 Å². The number of amides is 1. The zero-order valence-corrected chi connectivity index (χ0v) is 15.9. The van der Waals surface area contributed by atoms with E-state index in [1.165, 1.54) is 19.2 Å². The Morgan fingerprint density at radius 1 is 1.24 bits per heavy atom. The first-order valence-electron chi connectivity index (χ1n) is 7.67. The first kappa shape index (κ1) is 18.0. The number of anilines is 2. The fourth-order valence-corrected chi connectivity index (χ4v) is 5.20. The van der Waals surface area contributed by atoms with Crippen molar-refractivity contribution in [3.63, 3.8) is 0 Å². The second kappa shape index (κ2) is 7.23. The van der Waals surface area contributed by atoms with Crippen LogP contribution in [-0.2, 0) is 14.8 Å². The summed E-state index contributed by atoms with van der Waals surface area (Å²) in [6.07, 6.45) is 2.33. The van der Waals surface area contributed by atoms with Gasteiger partial charge in [-0.2, -0.15) is 0 Å². The number of piperidine rings is 1. The van der Waals surface area contributed by atoms with Gasteiger partial charge in [0.05, 0.1) is 22.8 Å². The lowest BCUT2D eigenvalue weighted by atomic mass is 10.1. The molecule has 1 aromatic carbocycles. The molecule has 0 radical (unpaired) electrons. The number of methoxy groups -OCH3 is 1. The SMILES string of the molecule is COc1cc(NS(=O)(=O)c2ccc(Cl)s2)ccc1N1CCCCC1=O. The maximum absolute atomic E-state index is 12.4. The summed E-state index contributed by atoms with van der Waals surface area (Å²) in [7, 11) is -2.23. The van der Waals surface area contributed by atoms with Crippen molar-refractivity contribution < 1.29 is 17.9 Å². The number of rotatable bonds is 5. The first-order valence-corrected chi connectivity index (χ1v) is 10.3. The predicted molar refractivity (Wildman–Crippen MR) is 99.3 cm³/mol. The average molecular weight is 401 g/mol. The van der Waals surface area contributed by atoms with Gasteiger partial charge in [0.25, 0.3) is 10.0 Å². The summed E-state index contributed by atoms with van der Waals surface area (Å²) in [4.78, 5) is 13.8. The van der Waals surface area contributed by atoms with Gasteiger partial charge in [-0.15, -0.1) is 11.3 Å². The van der Waals surface area contributed by atoms with E-state index in [2.05, 4.69) is 4.72 Å². The highest BCUT2D eigenvalue weighted by Gasteiger charge is 2.23. The van der Waals surface area contributed by atoms with Gasteiger partial charge in [-0.25, -0.2) is 8.42 Å². The third-order valence-corrected chi connectivity index (χ3v) is 6.96. The fraction of sp³-hybridized carbons (Fsp3) is 0.312. The number of carbonyl (C=O) groups excluding carboxylic acids is 1. The predicted octanol–water partition coefficient (Wildman–Crippen LogP) is 3.73. The molecule has 0 atom stereocenters. The molecule has 1 saturated heterocycles. The molecule has 25 heavy (non-hydrogen) atoms. The molecule has 2 aromatic rings. The number of ether oxygens (including phenoxy) is 1. The van der Waals surface area contributed by atoms with Gasteiger partial charge in [-0.05, 0) is 37.1 Å². The number of sulfonamides is 1. The fourth-order valence-electron chi connectivity index (χ4n) is 2.67. The summed E-state index contributed by atoms with van der Waals surface area (Å²) >= 11 is 6.79. The third-order valence-electron chi connectivity index (χ3n) is 3.86. The molecule has 1 N–H and O–H groups in total. The number of hydrogen-bond acceptors (Lipinski definition) is 5. The van der Waals surface area contributed by atoms with Crippen LogP contribution in [0.25, 0.3) is 0 Å². The van der Waals surface area contributed by atoms with E-state index in [-0.39, 0.29) is 10.1 Å². The Balaban J connectivity index is 1.88. The van der Waals surface area contributed by atoms with Crippen LogP contribution in [0, 0.1) is 0 Å². The zero-order chi connectivity index (χ0) is 18.0. The molecule has 2 heterocycles. The summed E-state index contributed by atoms with van der Waals surface area (Å²) in [6, 6.07) is 7.87. The Labute approximate surface area is 155 Å². The van der Waals surface area contributed by atoms with Gasteiger partial charge < -0.3 is 9.64 Å². The van der Waals surface area contributed by atoms with Crippen molar-refractivity contribution in [2.75, 3.05) is 23.3 Å². The first-order chi connectivity index (χ1) is 11.9. The molecule has 1 amide bonds. The van der Waals surface area contributed by atoms with Crippen molar-refractivity contribution in [3.05, 3.63) is 34.7 Å². The van der Waals surface area contributed by atoms with E-state index >= 15 is 0 Å². The molecule has 134 valence electrons. The molecule has 0 unspecified atom stereocenters. The number of benzene rings is 1. The number of halogens is 1. The van der Waals surface area contributed by atoms with Crippen LogP contribution in [0.1, 0.15) is 19.3 Å². The van der Waals surface area contributed by atoms with Crippen molar-refractivity contribution >= 4 is 50.2 Å². The topological polar surface area (TPSA) is 75.7 Å². The van der Waals surface area contributed by atoms with Gasteiger partial charge in [0.1, 0.15) is 9.96 Å². The summed E-state index contributed by atoms with van der Waals surface area (Å²) in [5.41, 5.74) is 1.00. The lowest BCUT2D eigenvalue weighted by Crippen LogP contribution is -2.35. The van der Waals surface area contributed by atoms with E-state index in [0.717, 1.165) is 24.2 Å². The van der Waals surface area contributed by atoms with Crippen molar-refractivity contribution in [3.8, 4) is 5.75 Å². The second-order valence-electron chi connectivity index (χ2n) is 5.55. The van der Waals surface area contributed by atoms with Gasteiger partial charge in [0.2, 0.25) is 5.91 Å². The summed E-state index contributed by atoms with van der Waals surface area (Å²) < 4.78 is 33.2. The van der Waals surface area contributed by atoms with Crippen molar-refractivity contribution in [2.24, 2.45) is 0 Å². The van der Waals surface area contributed by atoms with Gasteiger partial charge in [-0.1, -0.05) is 11.6 Å². The number of carbonyl (C=O) groups is 1. The normalized spacial score (nSPS) is 15.3. The van der Waals surface area contributed by atoms with E-state index in [1.54, 1.807) is 23.1 Å². The van der Waals surface area contributed by atoms with Crippen molar-refractivity contribution in [1.82, 2.24) is 0 Å². The average Bonchev–Trinajstić information content (AvgIpc) is 3.03. The third kappa shape index (κ3) is 3.91. The number of thiophene rings is 1. The molecular weight excluding hydrogens is 384 g/mol. The lowest BCUT2D eigenvalue weighted by molar-refractivity contribution is -0.119. The molecule has 0 aliphatic carbocycles. The van der Waals surface area contributed by atoms with E-state index in [0.29, 0.717) is 34.4 Å². The van der Waals surface area contributed by atoms with Crippen LogP contribution in [-0.4, -0.2) is 28.0 Å². The number of nitrogens with one attached hydrogen (secondary N) is 1. The van der Waals surface area contributed by atoms with Crippen molar-refractivity contribution in [1.29, 1.82) is 0 Å². The highest BCUT2D eigenvalue weighted by Crippen LogP contribution is 2.34. The lowest BCUT2D eigenvalue weighted by Gasteiger charge is -2.28. The van der Waals surface area contributed by atoms with Crippen LogP contribution in [0.2, 0.25) is 4.34 Å². The minimum Gasteiger partial charge on any atom is -0.494 e. The molecule has 1 aliphatic rings. The molecule has 0 bridgehead atoms. The molecule has 0 spiro atoms. The molecule has 1 aromatic heterocycles. The molecule has 1 aliphatic heterocycles. The summed E-state index contributed by atoms with van der Waals surface area (Å²) in [6.45, 7) is 0.633. The largest absolute Gasteiger partial charge is 0.494 e. The van der Waals surface area contributed by atoms with Crippen LogP contribution >= 0.6 is 22.9 Å². The molecular formula is C16H17ClN2O4S2. The molecule has 0 saturated carbocycles. The van der Waals surface area contributed by atoms with Crippen LogP contribution in [0.15, 0.2) is 34.5 Å². The van der Waals surface area contributed by atoms with E-state index < -0.39 is 10.0 Å². The number of nitrogens with zero attached hydrogens (tertiary/aromatic N) is 1. The minimum atomic E-state index is -3.72.